The Balaban J connectivity index is 1.51. The van der Waals surface area contributed by atoms with Crippen LogP contribution in [0.2, 0.25) is 0 Å². The molecule has 5 heterocycles. The second-order valence-corrected chi connectivity index (χ2v) is 8.19. The van der Waals surface area contributed by atoms with Gasteiger partial charge in [0.15, 0.2) is 0 Å². The highest BCUT2D eigenvalue weighted by atomic mass is 16.3. The van der Waals surface area contributed by atoms with Gasteiger partial charge in [0.1, 0.15) is 11.3 Å². The van der Waals surface area contributed by atoms with E-state index in [0.29, 0.717) is 13.0 Å². The maximum atomic E-state index is 11.2. The molecular formula is C25H24N4O. The lowest BCUT2D eigenvalue weighted by molar-refractivity contribution is -0.0713. The zero-order valence-electron chi connectivity index (χ0n) is 16.8. The quantitative estimate of drug-likeness (QED) is 0.690. The lowest BCUT2D eigenvalue weighted by Gasteiger charge is -2.47. The molecule has 0 aliphatic carbocycles. The Labute approximate surface area is 176 Å². The third-order valence-corrected chi connectivity index (χ3v) is 6.16. The average molecular weight is 396 g/mol. The van der Waals surface area contributed by atoms with Crippen molar-refractivity contribution in [1.29, 1.82) is 0 Å². The summed E-state index contributed by atoms with van der Waals surface area (Å²) in [6, 6.07) is 17.9. The van der Waals surface area contributed by atoms with Gasteiger partial charge in [0.2, 0.25) is 0 Å². The fourth-order valence-corrected chi connectivity index (χ4v) is 4.48. The smallest absolute Gasteiger partial charge is 0.141 e. The Morgan fingerprint density at radius 2 is 1.83 bits per heavy atom. The van der Waals surface area contributed by atoms with Crippen LogP contribution in [-0.2, 0) is 6.42 Å². The van der Waals surface area contributed by atoms with E-state index >= 15 is 0 Å². The number of benzene rings is 1. The van der Waals surface area contributed by atoms with Crippen molar-refractivity contribution in [2.45, 2.75) is 24.9 Å². The van der Waals surface area contributed by atoms with Crippen molar-refractivity contribution in [3.05, 3.63) is 77.6 Å². The molecule has 3 aliphatic heterocycles. The van der Waals surface area contributed by atoms with Crippen LogP contribution in [0.5, 0.6) is 0 Å². The van der Waals surface area contributed by atoms with E-state index in [9.17, 15) is 5.11 Å². The van der Waals surface area contributed by atoms with E-state index in [1.165, 1.54) is 5.56 Å². The van der Waals surface area contributed by atoms with E-state index < -0.39 is 5.60 Å². The fourth-order valence-electron chi connectivity index (χ4n) is 4.48. The highest BCUT2D eigenvalue weighted by molar-refractivity contribution is 5.56. The van der Waals surface area contributed by atoms with Crippen LogP contribution in [0.15, 0.2) is 60.8 Å². The number of hydrogen-bond donors (Lipinski definition) is 1. The van der Waals surface area contributed by atoms with Crippen LogP contribution >= 0.6 is 0 Å². The molecule has 0 unspecified atom stereocenters. The molecule has 3 saturated heterocycles. The predicted octanol–water partition coefficient (Wildman–Crippen LogP) is 2.94. The molecule has 6 rings (SSSR count). The lowest BCUT2D eigenvalue weighted by atomic mass is 9.75. The normalized spacial score (nSPS) is 24.8. The minimum absolute atomic E-state index is 0.263. The van der Waals surface area contributed by atoms with Gasteiger partial charge >= 0.3 is 0 Å². The molecule has 1 atom stereocenters. The van der Waals surface area contributed by atoms with Gasteiger partial charge in [-0.2, -0.15) is 5.10 Å². The third-order valence-electron chi connectivity index (χ3n) is 6.16. The van der Waals surface area contributed by atoms with Crippen molar-refractivity contribution in [2.75, 3.05) is 19.6 Å². The van der Waals surface area contributed by atoms with Crippen LogP contribution in [0.25, 0.3) is 11.4 Å². The first kappa shape index (κ1) is 18.9. The first-order chi connectivity index (χ1) is 14.7. The summed E-state index contributed by atoms with van der Waals surface area (Å²) >= 11 is 0. The van der Waals surface area contributed by atoms with Crippen molar-refractivity contribution in [3.8, 4) is 23.2 Å². The maximum absolute atomic E-state index is 11.2. The average Bonchev–Trinajstić information content (AvgIpc) is 2.80. The molecule has 5 heteroatoms. The van der Waals surface area contributed by atoms with E-state index in [-0.39, 0.29) is 5.92 Å². The summed E-state index contributed by atoms with van der Waals surface area (Å²) in [6.45, 7) is 2.79. The van der Waals surface area contributed by atoms with Crippen LogP contribution < -0.4 is 0 Å². The first-order valence-electron chi connectivity index (χ1n) is 10.5. The van der Waals surface area contributed by atoms with Crippen LogP contribution in [0.1, 0.15) is 29.7 Å². The lowest BCUT2D eigenvalue weighted by Crippen LogP contribution is -2.58. The molecule has 1 aromatic carbocycles. The molecule has 150 valence electrons. The van der Waals surface area contributed by atoms with Gasteiger partial charge in [0.05, 0.1) is 11.4 Å². The van der Waals surface area contributed by atoms with E-state index in [1.807, 2.05) is 42.5 Å². The van der Waals surface area contributed by atoms with Crippen molar-refractivity contribution in [1.82, 2.24) is 20.1 Å². The summed E-state index contributed by atoms with van der Waals surface area (Å²) in [5.74, 6) is 6.77. The van der Waals surface area contributed by atoms with Crippen LogP contribution in [0.4, 0.5) is 0 Å². The standard InChI is InChI=1S/C25H24N4O/c30-25(18-29-15-11-21(25)12-16-29)13-10-20-8-9-22(23-7-4-14-26-28-23)27-24(20)17-19-5-2-1-3-6-19/h1-9,14,21,30H,11-12,15-18H2/t25-/m1/s1. The summed E-state index contributed by atoms with van der Waals surface area (Å²) < 4.78 is 0. The van der Waals surface area contributed by atoms with E-state index in [0.717, 1.165) is 48.6 Å². The molecule has 3 fully saturated rings. The number of pyridine rings is 1. The first-order valence-corrected chi connectivity index (χ1v) is 10.5. The number of rotatable bonds is 3. The van der Waals surface area contributed by atoms with Crippen LogP contribution in [0, 0.1) is 17.8 Å². The number of fused-ring (bicyclic) bond motifs is 3. The topological polar surface area (TPSA) is 62.1 Å². The van der Waals surface area contributed by atoms with Gasteiger partial charge in [0, 0.05) is 30.6 Å². The molecule has 3 aromatic rings. The molecule has 0 radical (unpaired) electrons. The minimum atomic E-state index is -0.926. The molecule has 5 nitrogen and oxygen atoms in total. The Morgan fingerprint density at radius 1 is 1.00 bits per heavy atom. The molecule has 1 N–H and O–H groups in total. The molecule has 3 aliphatic rings. The van der Waals surface area contributed by atoms with Crippen molar-refractivity contribution >= 4 is 0 Å². The van der Waals surface area contributed by atoms with Gasteiger partial charge in [-0.3, -0.25) is 4.90 Å². The van der Waals surface area contributed by atoms with Crippen molar-refractivity contribution < 1.29 is 5.11 Å². The minimum Gasteiger partial charge on any atom is -0.376 e. The number of nitrogens with zero attached hydrogens (tertiary/aromatic N) is 4. The van der Waals surface area contributed by atoms with Gasteiger partial charge in [-0.25, -0.2) is 4.98 Å². The van der Waals surface area contributed by atoms with Gasteiger partial charge < -0.3 is 5.11 Å². The Morgan fingerprint density at radius 3 is 2.53 bits per heavy atom. The third kappa shape index (κ3) is 3.85. The maximum Gasteiger partial charge on any atom is 0.141 e. The summed E-state index contributed by atoms with van der Waals surface area (Å²) in [5, 5.41) is 19.3. The number of aromatic nitrogens is 3. The number of aliphatic hydroxyl groups is 1. The molecule has 30 heavy (non-hydrogen) atoms. The zero-order valence-corrected chi connectivity index (χ0v) is 16.8. The monoisotopic (exact) mass is 396 g/mol. The second kappa shape index (κ2) is 7.98. The second-order valence-electron chi connectivity index (χ2n) is 8.19. The van der Waals surface area contributed by atoms with Gasteiger partial charge in [-0.05, 0) is 55.8 Å². The summed E-state index contributed by atoms with van der Waals surface area (Å²) in [4.78, 5) is 7.19. The van der Waals surface area contributed by atoms with Crippen LogP contribution in [0.3, 0.4) is 0 Å². The summed E-state index contributed by atoms with van der Waals surface area (Å²) in [7, 11) is 0. The Hall–Kier alpha value is -3.07. The van der Waals surface area contributed by atoms with Gasteiger partial charge in [0.25, 0.3) is 0 Å². The van der Waals surface area contributed by atoms with Gasteiger partial charge in [-0.1, -0.05) is 42.2 Å². The van der Waals surface area contributed by atoms with Gasteiger partial charge in [-0.15, -0.1) is 5.10 Å². The Kier molecular flexibility index (Phi) is 5.04. The molecule has 0 spiro atoms. The molecule has 0 amide bonds. The van der Waals surface area contributed by atoms with Crippen molar-refractivity contribution in [3.63, 3.8) is 0 Å². The van der Waals surface area contributed by atoms with E-state index in [1.54, 1.807) is 6.20 Å². The largest absolute Gasteiger partial charge is 0.376 e. The summed E-state index contributed by atoms with van der Waals surface area (Å²) in [6.07, 6.45) is 4.37. The van der Waals surface area contributed by atoms with Crippen LogP contribution in [-0.4, -0.2) is 50.4 Å². The fraction of sp³-hybridized carbons (Fsp3) is 0.320. The Bertz CT molecular complexity index is 1080. The van der Waals surface area contributed by atoms with E-state index in [4.69, 9.17) is 4.98 Å². The molecule has 2 bridgehead atoms. The SMILES string of the molecule is O[C@]1(C#Cc2ccc(-c3cccnn3)nc2Cc2ccccc2)CN2CCC1CC2. The highest BCUT2D eigenvalue weighted by Crippen LogP contribution is 2.35. The number of piperidine rings is 3. The number of hydrogen-bond acceptors (Lipinski definition) is 5. The predicted molar refractivity (Wildman–Crippen MR) is 116 cm³/mol. The molecule has 2 aromatic heterocycles. The molecule has 0 saturated carbocycles. The van der Waals surface area contributed by atoms with Crippen molar-refractivity contribution in [2.24, 2.45) is 5.92 Å². The summed E-state index contributed by atoms with van der Waals surface area (Å²) in [5.41, 5.74) is 3.51. The molecular weight excluding hydrogens is 372 g/mol. The highest BCUT2D eigenvalue weighted by Gasteiger charge is 2.44. The zero-order chi connectivity index (χ0) is 20.4. The van der Waals surface area contributed by atoms with E-state index in [2.05, 4.69) is 39.1 Å².